The van der Waals surface area contributed by atoms with Crippen LogP contribution in [-0.2, 0) is 4.79 Å². The lowest BCUT2D eigenvalue weighted by Gasteiger charge is -2.14. The molecule has 0 saturated carbocycles. The highest BCUT2D eigenvalue weighted by Gasteiger charge is 2.31. The topological polar surface area (TPSA) is 62.1 Å². The summed E-state index contributed by atoms with van der Waals surface area (Å²) in [4.78, 5) is 11.8. The first kappa shape index (κ1) is 15.8. The Morgan fingerprint density at radius 2 is 2.05 bits per heavy atom. The predicted molar refractivity (Wildman–Crippen MR) is 65.7 cm³/mol. The predicted octanol–water partition coefficient (Wildman–Crippen LogP) is 3.32. The van der Waals surface area contributed by atoms with Gasteiger partial charge in [-0.1, -0.05) is 19.9 Å². The third-order valence-electron chi connectivity index (χ3n) is 2.42. The third kappa shape index (κ3) is 4.80. The molecule has 108 valence electrons. The van der Waals surface area contributed by atoms with Crippen LogP contribution in [-0.4, -0.2) is 12.3 Å². The number of amides is 1. The Morgan fingerprint density at radius 1 is 1.40 bits per heavy atom. The van der Waals surface area contributed by atoms with Gasteiger partial charge < -0.3 is 10.1 Å². The van der Waals surface area contributed by atoms with E-state index in [-0.39, 0.29) is 11.6 Å². The van der Waals surface area contributed by atoms with Crippen LogP contribution >= 0.6 is 0 Å². The van der Waals surface area contributed by atoms with E-state index in [1.807, 2.05) is 6.07 Å². The Kier molecular flexibility index (Phi) is 4.97. The Balaban J connectivity index is 2.81. The molecule has 0 aliphatic carbocycles. The van der Waals surface area contributed by atoms with Crippen molar-refractivity contribution in [3.05, 3.63) is 24.3 Å². The Morgan fingerprint density at radius 3 is 2.55 bits per heavy atom. The van der Waals surface area contributed by atoms with E-state index in [4.69, 9.17) is 5.26 Å². The van der Waals surface area contributed by atoms with Crippen molar-refractivity contribution in [3.8, 4) is 11.8 Å². The van der Waals surface area contributed by atoms with E-state index >= 15 is 0 Å². The fourth-order valence-corrected chi connectivity index (χ4v) is 1.50. The molecule has 0 heterocycles. The number of nitriles is 1. The van der Waals surface area contributed by atoms with Crippen LogP contribution in [0.25, 0.3) is 0 Å². The van der Waals surface area contributed by atoms with Crippen molar-refractivity contribution < 1.29 is 22.7 Å². The normalized spacial score (nSPS) is 12.7. The van der Waals surface area contributed by atoms with E-state index in [9.17, 15) is 18.0 Å². The summed E-state index contributed by atoms with van der Waals surface area (Å²) in [7, 11) is 0. The van der Waals surface area contributed by atoms with Gasteiger partial charge in [0.1, 0.15) is 11.7 Å². The molecule has 4 nitrogen and oxygen atoms in total. The molecule has 7 heteroatoms. The standard InChI is InChI=1S/C13H13F3N2O2/c1-8(2)11(7-17)12(19)18-9-4-3-5-10(6-9)20-13(14,15)16/h3-6,8,11H,1-2H3,(H,18,19). The van der Waals surface area contributed by atoms with Gasteiger partial charge in [-0.2, -0.15) is 5.26 Å². The van der Waals surface area contributed by atoms with Crippen LogP contribution in [0.1, 0.15) is 13.8 Å². The van der Waals surface area contributed by atoms with Gasteiger partial charge in [0.2, 0.25) is 5.91 Å². The molecule has 0 bridgehead atoms. The summed E-state index contributed by atoms with van der Waals surface area (Å²) in [6.45, 7) is 3.41. The zero-order chi connectivity index (χ0) is 15.3. The van der Waals surface area contributed by atoms with Crippen LogP contribution in [0, 0.1) is 23.2 Å². The molecule has 1 N–H and O–H groups in total. The lowest BCUT2D eigenvalue weighted by Crippen LogP contribution is -2.25. The minimum Gasteiger partial charge on any atom is -0.406 e. The second-order valence-electron chi connectivity index (χ2n) is 4.42. The van der Waals surface area contributed by atoms with Gasteiger partial charge in [0.05, 0.1) is 6.07 Å². The molecule has 1 aromatic rings. The van der Waals surface area contributed by atoms with Crippen molar-refractivity contribution in [2.45, 2.75) is 20.2 Å². The van der Waals surface area contributed by atoms with Crippen molar-refractivity contribution in [3.63, 3.8) is 0 Å². The van der Waals surface area contributed by atoms with Crippen LogP contribution in [0.4, 0.5) is 18.9 Å². The van der Waals surface area contributed by atoms with Crippen molar-refractivity contribution in [1.82, 2.24) is 0 Å². The highest BCUT2D eigenvalue weighted by atomic mass is 19.4. The summed E-state index contributed by atoms with van der Waals surface area (Å²) in [6, 6.07) is 6.74. The van der Waals surface area contributed by atoms with E-state index in [0.29, 0.717) is 0 Å². The van der Waals surface area contributed by atoms with Crippen molar-refractivity contribution in [2.75, 3.05) is 5.32 Å². The first-order valence-electron chi connectivity index (χ1n) is 5.79. The van der Waals surface area contributed by atoms with Crippen molar-refractivity contribution in [1.29, 1.82) is 5.26 Å². The number of alkyl halides is 3. The van der Waals surface area contributed by atoms with Gasteiger partial charge >= 0.3 is 6.36 Å². The highest BCUT2D eigenvalue weighted by molar-refractivity contribution is 5.94. The second-order valence-corrected chi connectivity index (χ2v) is 4.42. The molecule has 20 heavy (non-hydrogen) atoms. The first-order chi connectivity index (χ1) is 9.23. The van der Waals surface area contributed by atoms with E-state index in [1.165, 1.54) is 12.1 Å². The number of hydrogen-bond acceptors (Lipinski definition) is 3. The van der Waals surface area contributed by atoms with Crippen LogP contribution in [0.3, 0.4) is 0 Å². The summed E-state index contributed by atoms with van der Waals surface area (Å²) in [6.07, 6.45) is -4.80. The maximum Gasteiger partial charge on any atom is 0.573 e. The number of anilines is 1. The van der Waals surface area contributed by atoms with Gasteiger partial charge in [-0.05, 0) is 18.1 Å². The number of nitrogens with zero attached hydrogens (tertiary/aromatic N) is 1. The molecule has 0 fully saturated rings. The Labute approximate surface area is 114 Å². The SMILES string of the molecule is CC(C)C(C#N)C(=O)Nc1cccc(OC(F)(F)F)c1. The summed E-state index contributed by atoms with van der Waals surface area (Å²) in [5.74, 6) is -2.07. The van der Waals surface area contributed by atoms with Gasteiger partial charge in [0, 0.05) is 11.8 Å². The van der Waals surface area contributed by atoms with E-state index in [0.717, 1.165) is 12.1 Å². The smallest absolute Gasteiger partial charge is 0.406 e. The Hall–Kier alpha value is -2.23. The monoisotopic (exact) mass is 286 g/mol. The molecular formula is C13H13F3N2O2. The maximum atomic E-state index is 12.1. The van der Waals surface area contributed by atoms with E-state index in [1.54, 1.807) is 13.8 Å². The number of nitrogens with one attached hydrogen (secondary N) is 1. The minimum atomic E-state index is -4.80. The summed E-state index contributed by atoms with van der Waals surface area (Å²) in [5.41, 5.74) is 0.137. The average Bonchev–Trinajstić information content (AvgIpc) is 2.27. The lowest BCUT2D eigenvalue weighted by atomic mass is 9.96. The number of carbonyl (C=O) groups is 1. The number of hydrogen-bond donors (Lipinski definition) is 1. The van der Waals surface area contributed by atoms with Crippen molar-refractivity contribution in [2.24, 2.45) is 11.8 Å². The highest BCUT2D eigenvalue weighted by Crippen LogP contribution is 2.25. The summed E-state index contributed by atoms with van der Waals surface area (Å²) >= 11 is 0. The third-order valence-corrected chi connectivity index (χ3v) is 2.42. The molecule has 0 saturated heterocycles. The summed E-state index contributed by atoms with van der Waals surface area (Å²) < 4.78 is 40.0. The largest absolute Gasteiger partial charge is 0.573 e. The molecule has 0 spiro atoms. The molecule has 0 aliphatic rings. The zero-order valence-corrected chi connectivity index (χ0v) is 10.9. The van der Waals surface area contributed by atoms with E-state index in [2.05, 4.69) is 10.1 Å². The zero-order valence-electron chi connectivity index (χ0n) is 10.9. The number of ether oxygens (including phenoxy) is 1. The van der Waals surface area contributed by atoms with Gasteiger partial charge in [0.25, 0.3) is 0 Å². The van der Waals surface area contributed by atoms with Gasteiger partial charge in [-0.15, -0.1) is 13.2 Å². The molecule has 0 aliphatic heterocycles. The number of benzene rings is 1. The number of halogens is 3. The molecular weight excluding hydrogens is 273 g/mol. The van der Waals surface area contributed by atoms with Gasteiger partial charge in [-0.3, -0.25) is 4.79 Å². The van der Waals surface area contributed by atoms with Gasteiger partial charge in [-0.25, -0.2) is 0 Å². The number of rotatable bonds is 4. The van der Waals surface area contributed by atoms with Crippen LogP contribution < -0.4 is 10.1 Å². The quantitative estimate of drug-likeness (QED) is 0.923. The molecule has 1 aromatic carbocycles. The molecule has 1 atom stereocenters. The molecule has 1 amide bonds. The Bertz CT molecular complexity index is 521. The molecule has 0 radical (unpaired) electrons. The maximum absolute atomic E-state index is 12.1. The second kappa shape index (κ2) is 6.28. The fourth-order valence-electron chi connectivity index (χ4n) is 1.50. The van der Waals surface area contributed by atoms with E-state index < -0.39 is 23.9 Å². The van der Waals surface area contributed by atoms with Gasteiger partial charge in [0.15, 0.2) is 0 Å². The van der Waals surface area contributed by atoms with Crippen molar-refractivity contribution >= 4 is 11.6 Å². The first-order valence-corrected chi connectivity index (χ1v) is 5.79. The summed E-state index contributed by atoms with van der Waals surface area (Å²) in [5, 5.41) is 11.3. The van der Waals surface area contributed by atoms with Crippen LogP contribution in [0.15, 0.2) is 24.3 Å². The van der Waals surface area contributed by atoms with Crippen LogP contribution in [0.5, 0.6) is 5.75 Å². The average molecular weight is 286 g/mol. The molecule has 0 aromatic heterocycles. The minimum absolute atomic E-state index is 0.137. The lowest BCUT2D eigenvalue weighted by molar-refractivity contribution is -0.274. The fraction of sp³-hybridized carbons (Fsp3) is 0.385. The molecule has 1 rings (SSSR count). The van der Waals surface area contributed by atoms with Crippen LogP contribution in [0.2, 0.25) is 0 Å². The molecule has 1 unspecified atom stereocenters. The number of carbonyl (C=O) groups excluding carboxylic acids is 1.